The number of carbonyl (C=O) groups is 1. The first kappa shape index (κ1) is 25.7. The Morgan fingerprint density at radius 2 is 1.51 bits per heavy atom. The molecule has 8 nitrogen and oxygen atoms in total. The van der Waals surface area contributed by atoms with Crippen LogP contribution in [-0.2, 0) is 10.0 Å². The van der Waals surface area contributed by atoms with E-state index < -0.39 is 28.0 Å². The fraction of sp³-hybridized carbons (Fsp3) is 0.174. The highest BCUT2D eigenvalue weighted by atomic mass is 32.2. The lowest BCUT2D eigenvalue weighted by Gasteiger charge is -2.14. The van der Waals surface area contributed by atoms with Gasteiger partial charge >= 0.3 is 6.36 Å². The van der Waals surface area contributed by atoms with Crippen LogP contribution in [0.3, 0.4) is 0 Å². The molecule has 12 heteroatoms. The van der Waals surface area contributed by atoms with Gasteiger partial charge in [-0.1, -0.05) is 0 Å². The lowest BCUT2D eigenvalue weighted by Crippen LogP contribution is -2.17. The number of amides is 1. The van der Waals surface area contributed by atoms with Gasteiger partial charge in [-0.3, -0.25) is 9.52 Å². The van der Waals surface area contributed by atoms with Crippen molar-refractivity contribution in [3.63, 3.8) is 0 Å². The summed E-state index contributed by atoms with van der Waals surface area (Å²) in [7, 11) is -2.82. The smallest absolute Gasteiger partial charge is 0.495 e. The van der Waals surface area contributed by atoms with Crippen LogP contribution < -0.4 is 24.2 Å². The molecule has 0 unspecified atom stereocenters. The second-order valence-corrected chi connectivity index (χ2v) is 8.61. The number of halogens is 3. The van der Waals surface area contributed by atoms with E-state index >= 15 is 0 Å². The Morgan fingerprint density at radius 3 is 2.09 bits per heavy atom. The van der Waals surface area contributed by atoms with Crippen molar-refractivity contribution < 1.29 is 40.6 Å². The van der Waals surface area contributed by atoms with Crippen molar-refractivity contribution in [3.05, 3.63) is 72.3 Å². The summed E-state index contributed by atoms with van der Waals surface area (Å²) in [6.07, 6.45) is -4.85. The maximum Gasteiger partial charge on any atom is 0.573 e. The molecule has 3 aromatic rings. The standard InChI is InChI=1S/C23H21F3N2O6S/c1-3-33-18-11-6-16(7-12-18)28-35(30,31)21-14-17(8-13-20(21)32-2)27-22(29)15-4-9-19(10-5-15)34-23(24,25)26/h4-14,28H,3H2,1-2H3,(H,27,29). The second-order valence-electron chi connectivity index (χ2n) is 6.95. The molecule has 0 saturated heterocycles. The van der Waals surface area contributed by atoms with Crippen LogP contribution >= 0.6 is 0 Å². The Labute approximate surface area is 199 Å². The monoisotopic (exact) mass is 510 g/mol. The first-order chi connectivity index (χ1) is 16.5. The predicted octanol–water partition coefficient (Wildman–Crippen LogP) is 5.05. The summed E-state index contributed by atoms with van der Waals surface area (Å²) in [4.78, 5) is 12.3. The molecule has 1 amide bonds. The first-order valence-electron chi connectivity index (χ1n) is 10.1. The molecule has 0 bridgehead atoms. The molecular weight excluding hydrogens is 489 g/mol. The molecule has 0 fully saturated rings. The van der Waals surface area contributed by atoms with Crippen LogP contribution in [0.5, 0.6) is 17.2 Å². The van der Waals surface area contributed by atoms with Gasteiger partial charge in [-0.05, 0) is 73.7 Å². The molecule has 0 saturated carbocycles. The summed E-state index contributed by atoms with van der Waals surface area (Å²) in [5.74, 6) is -0.533. The van der Waals surface area contributed by atoms with E-state index in [0.717, 1.165) is 24.3 Å². The maximum atomic E-state index is 13.0. The molecule has 0 aliphatic carbocycles. The zero-order valence-electron chi connectivity index (χ0n) is 18.5. The van der Waals surface area contributed by atoms with Gasteiger partial charge < -0.3 is 19.5 Å². The number of nitrogens with one attached hydrogen (secondary N) is 2. The predicted molar refractivity (Wildman–Crippen MR) is 122 cm³/mol. The summed E-state index contributed by atoms with van der Waals surface area (Å²) in [5, 5.41) is 2.51. The van der Waals surface area contributed by atoms with Gasteiger partial charge in [-0.25, -0.2) is 8.42 Å². The van der Waals surface area contributed by atoms with Crippen LogP contribution in [0.4, 0.5) is 24.5 Å². The van der Waals surface area contributed by atoms with E-state index in [1.165, 1.54) is 37.4 Å². The molecule has 0 heterocycles. The van der Waals surface area contributed by atoms with Gasteiger partial charge in [-0.2, -0.15) is 0 Å². The zero-order chi connectivity index (χ0) is 25.6. The Hall–Kier alpha value is -3.93. The fourth-order valence-electron chi connectivity index (χ4n) is 2.97. The lowest BCUT2D eigenvalue weighted by atomic mass is 10.2. The average Bonchev–Trinajstić information content (AvgIpc) is 2.80. The van der Waals surface area contributed by atoms with Gasteiger partial charge in [0.1, 0.15) is 22.1 Å². The van der Waals surface area contributed by atoms with Gasteiger partial charge in [0, 0.05) is 16.9 Å². The molecule has 2 N–H and O–H groups in total. The lowest BCUT2D eigenvalue weighted by molar-refractivity contribution is -0.274. The van der Waals surface area contributed by atoms with Crippen molar-refractivity contribution in [1.29, 1.82) is 0 Å². The molecule has 3 rings (SSSR count). The van der Waals surface area contributed by atoms with Crippen molar-refractivity contribution >= 4 is 27.3 Å². The molecule has 0 aliphatic rings. The molecule has 3 aromatic carbocycles. The number of benzene rings is 3. The van der Waals surface area contributed by atoms with Crippen LogP contribution in [-0.4, -0.2) is 34.4 Å². The Morgan fingerprint density at radius 1 is 0.914 bits per heavy atom. The third kappa shape index (κ3) is 7.03. The molecule has 35 heavy (non-hydrogen) atoms. The summed E-state index contributed by atoms with van der Waals surface area (Å²) in [5.41, 5.74) is 0.442. The normalized spacial score (nSPS) is 11.5. The molecule has 0 spiro atoms. The maximum absolute atomic E-state index is 13.0. The third-order valence-electron chi connectivity index (χ3n) is 4.48. The van der Waals surface area contributed by atoms with Gasteiger partial charge in [-0.15, -0.1) is 13.2 Å². The van der Waals surface area contributed by atoms with Crippen molar-refractivity contribution in [1.82, 2.24) is 0 Å². The highest BCUT2D eigenvalue weighted by Crippen LogP contribution is 2.30. The minimum absolute atomic E-state index is 0.0345. The van der Waals surface area contributed by atoms with E-state index in [0.29, 0.717) is 12.4 Å². The largest absolute Gasteiger partial charge is 0.573 e. The zero-order valence-corrected chi connectivity index (χ0v) is 19.4. The van der Waals surface area contributed by atoms with Crippen LogP contribution in [0.25, 0.3) is 0 Å². The van der Waals surface area contributed by atoms with Crippen molar-refractivity contribution in [2.75, 3.05) is 23.8 Å². The Bertz CT molecular complexity index is 1280. The number of hydrogen-bond acceptors (Lipinski definition) is 6. The quantitative estimate of drug-likeness (QED) is 0.418. The number of carbonyl (C=O) groups excluding carboxylic acids is 1. The summed E-state index contributed by atoms with van der Waals surface area (Å²) < 4.78 is 79.6. The molecule has 0 atom stereocenters. The minimum atomic E-state index is -4.85. The fourth-order valence-corrected chi connectivity index (χ4v) is 4.23. The molecule has 186 valence electrons. The highest BCUT2D eigenvalue weighted by Gasteiger charge is 2.31. The SMILES string of the molecule is CCOc1ccc(NS(=O)(=O)c2cc(NC(=O)c3ccc(OC(F)(F)F)cc3)ccc2OC)cc1. The van der Waals surface area contributed by atoms with E-state index in [1.807, 2.05) is 6.92 Å². The molecular formula is C23H21F3N2O6S. The Balaban J connectivity index is 1.79. The van der Waals surface area contributed by atoms with E-state index in [1.54, 1.807) is 12.1 Å². The van der Waals surface area contributed by atoms with Gasteiger partial charge in [0.15, 0.2) is 0 Å². The molecule has 0 aliphatic heterocycles. The number of ether oxygens (including phenoxy) is 3. The number of alkyl halides is 3. The van der Waals surface area contributed by atoms with E-state index in [9.17, 15) is 26.4 Å². The molecule has 0 aromatic heterocycles. The molecule has 0 radical (unpaired) electrons. The summed E-state index contributed by atoms with van der Waals surface area (Å²) in [6, 6.07) is 14.6. The third-order valence-corrected chi connectivity index (χ3v) is 5.88. The van der Waals surface area contributed by atoms with E-state index in [-0.39, 0.29) is 27.6 Å². The minimum Gasteiger partial charge on any atom is -0.495 e. The van der Waals surface area contributed by atoms with Crippen LogP contribution in [0.15, 0.2) is 71.6 Å². The first-order valence-corrected chi connectivity index (χ1v) is 11.6. The number of sulfonamides is 1. The van der Waals surface area contributed by atoms with Gasteiger partial charge in [0.25, 0.3) is 15.9 Å². The summed E-state index contributed by atoms with van der Waals surface area (Å²) in [6.45, 7) is 2.29. The van der Waals surface area contributed by atoms with Crippen LogP contribution in [0, 0.1) is 0 Å². The van der Waals surface area contributed by atoms with Crippen LogP contribution in [0.1, 0.15) is 17.3 Å². The Kier molecular flexibility index (Phi) is 7.75. The van der Waals surface area contributed by atoms with Crippen LogP contribution in [0.2, 0.25) is 0 Å². The van der Waals surface area contributed by atoms with Crippen molar-refractivity contribution in [2.24, 2.45) is 0 Å². The number of anilines is 2. The number of hydrogen-bond donors (Lipinski definition) is 2. The topological polar surface area (TPSA) is 103 Å². The van der Waals surface area contributed by atoms with Gasteiger partial charge in [0.2, 0.25) is 0 Å². The summed E-state index contributed by atoms with van der Waals surface area (Å²) >= 11 is 0. The number of methoxy groups -OCH3 is 1. The number of rotatable bonds is 9. The van der Waals surface area contributed by atoms with Crippen molar-refractivity contribution in [3.8, 4) is 17.2 Å². The second kappa shape index (κ2) is 10.6. The van der Waals surface area contributed by atoms with Crippen molar-refractivity contribution in [2.45, 2.75) is 18.2 Å². The van der Waals surface area contributed by atoms with Gasteiger partial charge in [0.05, 0.1) is 13.7 Å². The highest BCUT2D eigenvalue weighted by molar-refractivity contribution is 7.92. The van der Waals surface area contributed by atoms with E-state index in [2.05, 4.69) is 14.8 Å². The average molecular weight is 510 g/mol. The van der Waals surface area contributed by atoms with E-state index in [4.69, 9.17) is 9.47 Å².